The van der Waals surface area contributed by atoms with Crippen molar-refractivity contribution in [2.24, 2.45) is 5.73 Å². The molecule has 2 aliphatic rings. The first kappa shape index (κ1) is 16.1. The van der Waals surface area contributed by atoms with Gasteiger partial charge in [0.15, 0.2) is 0 Å². The van der Waals surface area contributed by atoms with Crippen LogP contribution in [0.4, 0.5) is 5.82 Å². The van der Waals surface area contributed by atoms with E-state index in [0.29, 0.717) is 6.54 Å². The molecular formula is C16H25N5O2. The summed E-state index contributed by atoms with van der Waals surface area (Å²) in [5.41, 5.74) is 6.53. The van der Waals surface area contributed by atoms with E-state index in [2.05, 4.69) is 20.9 Å². The number of amides is 1. The lowest BCUT2D eigenvalue weighted by atomic mass is 9.94. The van der Waals surface area contributed by atoms with Crippen molar-refractivity contribution >= 4 is 11.7 Å². The zero-order chi connectivity index (χ0) is 16.2. The molecule has 2 saturated heterocycles. The van der Waals surface area contributed by atoms with E-state index in [1.165, 1.54) is 0 Å². The third-order valence-electron chi connectivity index (χ3n) is 4.55. The van der Waals surface area contributed by atoms with Crippen molar-refractivity contribution < 1.29 is 9.53 Å². The number of carbonyl (C=O) groups is 1. The first-order valence-corrected chi connectivity index (χ1v) is 8.33. The van der Waals surface area contributed by atoms with Gasteiger partial charge in [0.25, 0.3) is 0 Å². The molecule has 1 atom stereocenters. The summed E-state index contributed by atoms with van der Waals surface area (Å²) in [6.07, 6.45) is 2.04. The van der Waals surface area contributed by atoms with Crippen molar-refractivity contribution in [3.8, 4) is 0 Å². The Hall–Kier alpha value is -1.73. The Labute approximate surface area is 136 Å². The van der Waals surface area contributed by atoms with Crippen LogP contribution in [0.25, 0.3) is 0 Å². The molecule has 126 valence electrons. The number of ether oxygens (including phenoxy) is 1. The predicted molar refractivity (Wildman–Crippen MR) is 87.4 cm³/mol. The summed E-state index contributed by atoms with van der Waals surface area (Å²) < 4.78 is 5.41. The van der Waals surface area contributed by atoms with Crippen LogP contribution < -0.4 is 10.6 Å². The second kappa shape index (κ2) is 7.23. The van der Waals surface area contributed by atoms with Crippen LogP contribution in [0, 0.1) is 6.92 Å². The molecule has 7 heteroatoms. The number of morpholine rings is 1. The lowest BCUT2D eigenvalue weighted by Gasteiger charge is -2.33. The summed E-state index contributed by atoms with van der Waals surface area (Å²) in [5.74, 6) is 2.04. The van der Waals surface area contributed by atoms with Crippen LogP contribution in [0.5, 0.6) is 0 Å². The minimum absolute atomic E-state index is 0.0221. The maximum Gasteiger partial charge on any atom is 0.236 e. The number of likely N-dealkylation sites (tertiary alicyclic amines) is 1. The monoisotopic (exact) mass is 319 g/mol. The second-order valence-electron chi connectivity index (χ2n) is 6.18. The first-order valence-electron chi connectivity index (χ1n) is 8.33. The number of hydrogen-bond acceptors (Lipinski definition) is 6. The van der Waals surface area contributed by atoms with Gasteiger partial charge in [-0.05, 0) is 19.8 Å². The topological polar surface area (TPSA) is 84.6 Å². The molecule has 0 radical (unpaired) electrons. The van der Waals surface area contributed by atoms with Gasteiger partial charge in [-0.25, -0.2) is 9.97 Å². The molecule has 3 rings (SSSR count). The quantitative estimate of drug-likeness (QED) is 0.862. The lowest BCUT2D eigenvalue weighted by molar-refractivity contribution is -0.130. The molecule has 2 N–H and O–H groups in total. The predicted octanol–water partition coefficient (Wildman–Crippen LogP) is 0.286. The number of rotatable bonds is 3. The highest BCUT2D eigenvalue weighted by Gasteiger charge is 2.26. The van der Waals surface area contributed by atoms with Gasteiger partial charge in [-0.1, -0.05) is 0 Å². The highest BCUT2D eigenvalue weighted by Crippen LogP contribution is 2.28. The zero-order valence-corrected chi connectivity index (χ0v) is 13.7. The summed E-state index contributed by atoms with van der Waals surface area (Å²) in [4.78, 5) is 25.2. The number of nitrogens with zero attached hydrogens (tertiary/aromatic N) is 4. The smallest absolute Gasteiger partial charge is 0.236 e. The fourth-order valence-corrected chi connectivity index (χ4v) is 3.31. The molecule has 2 fully saturated rings. The number of aryl methyl sites for hydroxylation is 1. The Bertz CT molecular complexity index is 559. The van der Waals surface area contributed by atoms with Crippen LogP contribution in [0.1, 0.15) is 30.3 Å². The van der Waals surface area contributed by atoms with Crippen LogP contribution >= 0.6 is 0 Å². The highest BCUT2D eigenvalue weighted by molar-refractivity contribution is 5.78. The van der Waals surface area contributed by atoms with Crippen molar-refractivity contribution in [3.05, 3.63) is 17.6 Å². The molecule has 23 heavy (non-hydrogen) atoms. The molecule has 0 unspecified atom stereocenters. The van der Waals surface area contributed by atoms with Crippen LogP contribution in [-0.2, 0) is 9.53 Å². The first-order chi connectivity index (χ1) is 11.2. The van der Waals surface area contributed by atoms with Crippen molar-refractivity contribution in [1.29, 1.82) is 0 Å². The number of hydrogen-bond donors (Lipinski definition) is 1. The number of nitrogens with two attached hydrogens (primary N) is 1. The highest BCUT2D eigenvalue weighted by atomic mass is 16.5. The fourth-order valence-electron chi connectivity index (χ4n) is 3.31. The van der Waals surface area contributed by atoms with Gasteiger partial charge >= 0.3 is 0 Å². The minimum Gasteiger partial charge on any atom is -0.378 e. The second-order valence-corrected chi connectivity index (χ2v) is 6.18. The van der Waals surface area contributed by atoms with Gasteiger partial charge in [-0.3, -0.25) is 4.79 Å². The Morgan fingerprint density at radius 2 is 2.13 bits per heavy atom. The Morgan fingerprint density at radius 1 is 1.35 bits per heavy atom. The minimum atomic E-state index is 0.0221. The molecule has 0 aromatic carbocycles. The molecule has 1 amide bonds. The van der Waals surface area contributed by atoms with Crippen LogP contribution in [0.3, 0.4) is 0 Å². The van der Waals surface area contributed by atoms with E-state index in [9.17, 15) is 4.79 Å². The third kappa shape index (κ3) is 3.79. The van der Waals surface area contributed by atoms with E-state index in [0.717, 1.165) is 63.0 Å². The van der Waals surface area contributed by atoms with Crippen molar-refractivity contribution in [2.45, 2.75) is 25.7 Å². The van der Waals surface area contributed by atoms with Crippen molar-refractivity contribution in [2.75, 3.05) is 50.8 Å². The Balaban J connectivity index is 1.78. The van der Waals surface area contributed by atoms with Crippen LogP contribution in [-0.4, -0.2) is 66.7 Å². The molecule has 1 aromatic heterocycles. The number of anilines is 1. The molecular weight excluding hydrogens is 294 g/mol. The van der Waals surface area contributed by atoms with Gasteiger partial charge in [0.05, 0.1) is 25.5 Å². The summed E-state index contributed by atoms with van der Waals surface area (Å²) >= 11 is 0. The normalized spacial score (nSPS) is 22.3. The molecule has 1 aromatic rings. The number of aromatic nitrogens is 2. The van der Waals surface area contributed by atoms with E-state index in [4.69, 9.17) is 10.5 Å². The van der Waals surface area contributed by atoms with Crippen molar-refractivity contribution in [3.63, 3.8) is 0 Å². The largest absolute Gasteiger partial charge is 0.378 e. The summed E-state index contributed by atoms with van der Waals surface area (Å²) in [6.45, 7) is 6.70. The maximum atomic E-state index is 11.9. The zero-order valence-electron chi connectivity index (χ0n) is 13.7. The SMILES string of the molecule is Cc1nc([C@H]2CCCN(C(=O)CN)C2)cc(N2CCOCC2)n1. The van der Waals surface area contributed by atoms with Gasteiger partial charge in [-0.15, -0.1) is 0 Å². The van der Waals surface area contributed by atoms with Gasteiger partial charge < -0.3 is 20.3 Å². The Kier molecular flexibility index (Phi) is 5.07. The number of piperidine rings is 1. The third-order valence-corrected chi connectivity index (χ3v) is 4.55. The van der Waals surface area contributed by atoms with Crippen LogP contribution in [0.2, 0.25) is 0 Å². The summed E-state index contributed by atoms with van der Waals surface area (Å²) in [7, 11) is 0. The van der Waals surface area contributed by atoms with Gasteiger partial charge in [-0.2, -0.15) is 0 Å². The molecule has 0 bridgehead atoms. The van der Waals surface area contributed by atoms with Gasteiger partial charge in [0.1, 0.15) is 11.6 Å². The van der Waals surface area contributed by atoms with E-state index < -0.39 is 0 Å². The molecule has 3 heterocycles. The van der Waals surface area contributed by atoms with E-state index in [1.54, 1.807) is 0 Å². The van der Waals surface area contributed by atoms with Gasteiger partial charge in [0.2, 0.25) is 5.91 Å². The molecule has 0 saturated carbocycles. The molecule has 7 nitrogen and oxygen atoms in total. The van der Waals surface area contributed by atoms with E-state index >= 15 is 0 Å². The average Bonchev–Trinajstić information content (AvgIpc) is 2.61. The molecule has 0 spiro atoms. The maximum absolute atomic E-state index is 11.9. The number of carbonyl (C=O) groups excluding carboxylic acids is 1. The Morgan fingerprint density at radius 3 is 2.87 bits per heavy atom. The van der Waals surface area contributed by atoms with Gasteiger partial charge in [0, 0.05) is 38.2 Å². The van der Waals surface area contributed by atoms with Crippen molar-refractivity contribution in [1.82, 2.24) is 14.9 Å². The fraction of sp³-hybridized carbons (Fsp3) is 0.688. The van der Waals surface area contributed by atoms with E-state index in [1.807, 2.05) is 11.8 Å². The standard InChI is InChI=1S/C16H25N5O2/c1-12-18-14(9-15(19-12)20-5-7-23-8-6-20)13-3-2-4-21(11-13)16(22)10-17/h9,13H,2-8,10-11,17H2,1H3/t13-/m0/s1. The lowest BCUT2D eigenvalue weighted by Crippen LogP contribution is -2.42. The molecule has 0 aliphatic carbocycles. The average molecular weight is 319 g/mol. The molecule has 2 aliphatic heterocycles. The van der Waals surface area contributed by atoms with E-state index in [-0.39, 0.29) is 18.4 Å². The summed E-state index contributed by atoms with van der Waals surface area (Å²) in [5, 5.41) is 0. The summed E-state index contributed by atoms with van der Waals surface area (Å²) in [6, 6.07) is 2.08. The van der Waals surface area contributed by atoms with Crippen LogP contribution in [0.15, 0.2) is 6.07 Å².